The van der Waals surface area contributed by atoms with Crippen molar-refractivity contribution < 1.29 is 13.2 Å². The van der Waals surface area contributed by atoms with E-state index in [2.05, 4.69) is 31.0 Å². The maximum atomic E-state index is 13.8. The molecule has 2 heterocycles. The smallest absolute Gasteiger partial charge is 0.229 e. The number of benzene rings is 1. The van der Waals surface area contributed by atoms with Gasteiger partial charge in [0.25, 0.3) is 0 Å². The third-order valence-electron chi connectivity index (χ3n) is 4.56. The lowest BCUT2D eigenvalue weighted by molar-refractivity contribution is 0.481. The predicted molar refractivity (Wildman–Crippen MR) is 107 cm³/mol. The zero-order chi connectivity index (χ0) is 21.1. The molecule has 30 heavy (non-hydrogen) atoms. The maximum absolute atomic E-state index is 13.8. The second kappa shape index (κ2) is 8.88. The molecular weight excluding hydrogens is 419 g/mol. The fraction of sp³-hybridized carbons (Fsp3) is 0.316. The van der Waals surface area contributed by atoms with Gasteiger partial charge in [0.2, 0.25) is 5.95 Å². The van der Waals surface area contributed by atoms with E-state index in [-0.39, 0.29) is 23.3 Å². The van der Waals surface area contributed by atoms with Crippen molar-refractivity contribution in [3.05, 3.63) is 58.8 Å². The highest BCUT2D eigenvalue weighted by atomic mass is 35.5. The first kappa shape index (κ1) is 20.4. The van der Waals surface area contributed by atoms with Gasteiger partial charge in [0.1, 0.15) is 10.8 Å². The Morgan fingerprint density at radius 2 is 1.93 bits per heavy atom. The molecule has 0 aliphatic heterocycles. The van der Waals surface area contributed by atoms with Gasteiger partial charge in [0.15, 0.2) is 17.5 Å². The number of nitrogens with zero attached hydrogens (tertiary/aromatic N) is 4. The molecule has 0 spiro atoms. The van der Waals surface area contributed by atoms with Crippen molar-refractivity contribution in [3.63, 3.8) is 0 Å². The van der Waals surface area contributed by atoms with E-state index < -0.39 is 23.0 Å². The average Bonchev–Trinajstić information content (AvgIpc) is 3.45. The first-order valence-corrected chi connectivity index (χ1v) is 9.79. The number of hydrogen-bond acceptors (Lipinski definition) is 6. The summed E-state index contributed by atoms with van der Waals surface area (Å²) in [5.74, 6) is -2.88. The fourth-order valence-electron chi connectivity index (χ4n) is 2.80. The predicted octanol–water partition coefficient (Wildman–Crippen LogP) is 3.85. The zero-order valence-electron chi connectivity index (χ0n) is 15.8. The summed E-state index contributed by atoms with van der Waals surface area (Å²) in [5, 5.41) is 13.6. The van der Waals surface area contributed by atoms with Gasteiger partial charge < -0.3 is 16.0 Å². The lowest BCUT2D eigenvalue weighted by atomic mass is 10.2. The molecule has 0 amide bonds. The minimum atomic E-state index is -1.25. The van der Waals surface area contributed by atoms with E-state index in [9.17, 15) is 13.2 Å². The molecule has 7 nitrogen and oxygen atoms in total. The topological polar surface area (TPSA) is 79.7 Å². The molecule has 3 aromatic rings. The molecule has 3 N–H and O–H groups in total. The largest absolute Gasteiger partial charge is 0.364 e. The van der Waals surface area contributed by atoms with Crippen LogP contribution in [-0.2, 0) is 13.1 Å². The normalized spacial score (nSPS) is 13.5. The lowest BCUT2D eigenvalue weighted by Crippen LogP contribution is -2.21. The van der Waals surface area contributed by atoms with Crippen molar-refractivity contribution in [2.24, 2.45) is 0 Å². The summed E-state index contributed by atoms with van der Waals surface area (Å²) in [5.41, 5.74) is 0.234. The lowest BCUT2D eigenvalue weighted by Gasteiger charge is -2.11. The molecule has 0 bridgehead atoms. The van der Waals surface area contributed by atoms with Gasteiger partial charge in [-0.25, -0.2) is 18.2 Å². The third kappa shape index (κ3) is 5.00. The maximum Gasteiger partial charge on any atom is 0.229 e. The third-order valence-corrected chi connectivity index (χ3v) is 4.83. The summed E-state index contributed by atoms with van der Waals surface area (Å²) in [6.07, 6.45) is 7.27. The van der Waals surface area contributed by atoms with Crippen LogP contribution in [0.3, 0.4) is 0 Å². The van der Waals surface area contributed by atoms with Crippen LogP contribution in [-0.4, -0.2) is 32.3 Å². The van der Waals surface area contributed by atoms with Crippen LogP contribution in [0.2, 0.25) is 5.02 Å². The highest BCUT2D eigenvalue weighted by molar-refractivity contribution is 6.32. The minimum absolute atomic E-state index is 0.151. The van der Waals surface area contributed by atoms with E-state index in [1.54, 1.807) is 10.9 Å². The summed E-state index contributed by atoms with van der Waals surface area (Å²) in [4.78, 5) is 8.30. The molecule has 0 atom stereocenters. The number of hydrogen-bond donors (Lipinski definition) is 3. The fourth-order valence-corrected chi connectivity index (χ4v) is 2.96. The van der Waals surface area contributed by atoms with Gasteiger partial charge in [-0.2, -0.15) is 10.1 Å². The summed E-state index contributed by atoms with van der Waals surface area (Å²) in [7, 11) is 0. The molecule has 0 radical (unpaired) electrons. The Morgan fingerprint density at radius 1 is 1.13 bits per heavy atom. The van der Waals surface area contributed by atoms with Gasteiger partial charge in [-0.1, -0.05) is 11.6 Å². The number of anilines is 3. The van der Waals surface area contributed by atoms with Gasteiger partial charge in [-0.15, -0.1) is 0 Å². The quantitative estimate of drug-likeness (QED) is 0.441. The van der Waals surface area contributed by atoms with E-state index in [1.807, 2.05) is 6.20 Å². The highest BCUT2D eigenvalue weighted by Crippen LogP contribution is 2.23. The van der Waals surface area contributed by atoms with Crippen LogP contribution in [0.5, 0.6) is 0 Å². The van der Waals surface area contributed by atoms with Crippen LogP contribution in [0.1, 0.15) is 18.4 Å². The molecule has 1 aliphatic rings. The molecule has 0 unspecified atom stereocenters. The zero-order valence-corrected chi connectivity index (χ0v) is 16.6. The second-order valence-corrected chi connectivity index (χ2v) is 7.32. The molecule has 2 aromatic heterocycles. The minimum Gasteiger partial charge on any atom is -0.364 e. The van der Waals surface area contributed by atoms with Crippen LogP contribution in [0.4, 0.5) is 30.6 Å². The molecule has 11 heteroatoms. The Labute approximate surface area is 175 Å². The standard InChI is InChI=1S/C19H19ClF3N7/c20-14-9-26-19(28-12-7-27-30(10-12)6-5-24-11-1-2-11)29-18(14)25-8-13-15(21)3-4-16(22)17(13)23/h3-4,7,9-11,24H,1-2,5-6,8H2,(H2,25,26,28,29). The number of aromatic nitrogens is 4. The van der Waals surface area contributed by atoms with Gasteiger partial charge >= 0.3 is 0 Å². The van der Waals surface area contributed by atoms with Gasteiger partial charge in [0, 0.05) is 30.9 Å². The van der Waals surface area contributed by atoms with Gasteiger partial charge in [-0.3, -0.25) is 4.68 Å². The monoisotopic (exact) mass is 437 g/mol. The molecule has 1 fully saturated rings. The first-order chi connectivity index (χ1) is 14.5. The molecule has 0 saturated heterocycles. The van der Waals surface area contributed by atoms with E-state index in [4.69, 9.17) is 11.6 Å². The second-order valence-electron chi connectivity index (χ2n) is 6.91. The number of nitrogens with one attached hydrogen (secondary N) is 3. The van der Waals surface area contributed by atoms with Crippen LogP contribution in [0.15, 0.2) is 30.7 Å². The van der Waals surface area contributed by atoms with Crippen molar-refractivity contribution >= 4 is 29.1 Å². The van der Waals surface area contributed by atoms with Crippen LogP contribution < -0.4 is 16.0 Å². The average molecular weight is 438 g/mol. The van der Waals surface area contributed by atoms with Crippen molar-refractivity contribution in [3.8, 4) is 0 Å². The summed E-state index contributed by atoms with van der Waals surface area (Å²) < 4.78 is 42.8. The van der Waals surface area contributed by atoms with E-state index in [0.29, 0.717) is 11.7 Å². The Morgan fingerprint density at radius 3 is 2.73 bits per heavy atom. The summed E-state index contributed by atoms with van der Waals surface area (Å²) in [6.45, 7) is 1.24. The van der Waals surface area contributed by atoms with E-state index >= 15 is 0 Å². The van der Waals surface area contributed by atoms with Gasteiger partial charge in [0.05, 0.1) is 24.6 Å². The van der Waals surface area contributed by atoms with E-state index in [1.165, 1.54) is 19.0 Å². The van der Waals surface area contributed by atoms with Crippen molar-refractivity contribution in [1.29, 1.82) is 0 Å². The molecule has 4 rings (SSSR count). The summed E-state index contributed by atoms with van der Waals surface area (Å²) >= 11 is 6.07. The van der Waals surface area contributed by atoms with Crippen molar-refractivity contribution in [1.82, 2.24) is 25.1 Å². The molecule has 1 aromatic carbocycles. The van der Waals surface area contributed by atoms with Crippen LogP contribution >= 0.6 is 11.6 Å². The molecule has 1 saturated carbocycles. The Balaban J connectivity index is 1.39. The SMILES string of the molecule is Fc1ccc(F)c(CNc2nc(Nc3cnn(CCNC4CC4)c3)ncc2Cl)c1F. The van der Waals surface area contributed by atoms with Crippen molar-refractivity contribution in [2.45, 2.75) is 32.0 Å². The number of halogens is 4. The Hall–Kier alpha value is -2.85. The van der Waals surface area contributed by atoms with Crippen LogP contribution in [0.25, 0.3) is 0 Å². The highest BCUT2D eigenvalue weighted by Gasteiger charge is 2.19. The van der Waals surface area contributed by atoms with Gasteiger partial charge in [-0.05, 0) is 25.0 Å². The molecule has 1 aliphatic carbocycles. The molecular formula is C19H19ClF3N7. The van der Waals surface area contributed by atoms with Crippen LogP contribution in [0, 0.1) is 17.5 Å². The summed E-state index contributed by atoms with van der Waals surface area (Å²) in [6, 6.07) is 2.23. The van der Waals surface area contributed by atoms with E-state index in [0.717, 1.165) is 25.2 Å². The Bertz CT molecular complexity index is 1040. The first-order valence-electron chi connectivity index (χ1n) is 9.41. The molecule has 158 valence electrons. The Kier molecular flexibility index (Phi) is 6.05. The number of rotatable bonds is 9. The van der Waals surface area contributed by atoms with Crippen molar-refractivity contribution in [2.75, 3.05) is 17.2 Å².